The van der Waals surface area contributed by atoms with E-state index in [4.69, 9.17) is 17.3 Å². The molecule has 0 atom stereocenters. The fourth-order valence-electron chi connectivity index (χ4n) is 2.17. The van der Waals surface area contributed by atoms with Gasteiger partial charge in [0.2, 0.25) is 0 Å². The summed E-state index contributed by atoms with van der Waals surface area (Å²) in [5.41, 5.74) is 6.49. The Labute approximate surface area is 150 Å². The van der Waals surface area contributed by atoms with E-state index in [1.54, 1.807) is 24.3 Å². The molecule has 0 saturated heterocycles. The average Bonchev–Trinajstić information content (AvgIpc) is 2.60. The minimum atomic E-state index is -0.672. The Morgan fingerprint density at radius 2 is 1.76 bits per heavy atom. The zero-order valence-corrected chi connectivity index (χ0v) is 14.3. The van der Waals surface area contributed by atoms with Crippen LogP contribution in [0.25, 0.3) is 0 Å². The first-order valence-corrected chi connectivity index (χ1v) is 8.20. The molecule has 132 valence electrons. The molecule has 0 radical (unpaired) electrons. The molecule has 0 bridgehead atoms. The van der Waals surface area contributed by atoms with Crippen LogP contribution in [0.3, 0.4) is 0 Å². The van der Waals surface area contributed by atoms with Gasteiger partial charge in [-0.1, -0.05) is 29.8 Å². The predicted octanol–water partition coefficient (Wildman–Crippen LogP) is 2.49. The number of hydrogen-bond donors (Lipinski definition) is 3. The van der Waals surface area contributed by atoms with Crippen LogP contribution in [0.5, 0.6) is 0 Å². The molecule has 0 aromatic heterocycles. The zero-order chi connectivity index (χ0) is 18.2. The van der Waals surface area contributed by atoms with Crippen molar-refractivity contribution in [3.63, 3.8) is 0 Å². The van der Waals surface area contributed by atoms with E-state index < -0.39 is 11.7 Å². The van der Waals surface area contributed by atoms with Crippen LogP contribution >= 0.6 is 11.6 Å². The molecule has 7 heteroatoms. The van der Waals surface area contributed by atoms with Crippen LogP contribution in [0.4, 0.5) is 4.39 Å². The third-order valence-corrected chi connectivity index (χ3v) is 3.84. The summed E-state index contributed by atoms with van der Waals surface area (Å²) in [5, 5.41) is 5.43. The van der Waals surface area contributed by atoms with Crippen LogP contribution in [0.2, 0.25) is 5.02 Å². The van der Waals surface area contributed by atoms with E-state index in [2.05, 4.69) is 10.6 Å². The second kappa shape index (κ2) is 9.15. The summed E-state index contributed by atoms with van der Waals surface area (Å²) in [6.07, 6.45) is 0.717. The predicted molar refractivity (Wildman–Crippen MR) is 95.0 cm³/mol. The molecule has 0 aliphatic rings. The van der Waals surface area contributed by atoms with Gasteiger partial charge in [0.25, 0.3) is 11.8 Å². The highest BCUT2D eigenvalue weighted by Gasteiger charge is 2.15. The lowest BCUT2D eigenvalue weighted by Crippen LogP contribution is -2.26. The Hall–Kier alpha value is -2.44. The molecular weight excluding hydrogens is 345 g/mol. The quantitative estimate of drug-likeness (QED) is 0.661. The van der Waals surface area contributed by atoms with Crippen molar-refractivity contribution >= 4 is 23.4 Å². The molecule has 5 nitrogen and oxygen atoms in total. The third-order valence-electron chi connectivity index (χ3n) is 3.53. The molecular formula is C18H19ClFN3O2. The Balaban J connectivity index is 1.93. The highest BCUT2D eigenvalue weighted by molar-refractivity contribution is 6.33. The normalized spacial score (nSPS) is 10.4. The van der Waals surface area contributed by atoms with Crippen LogP contribution in [-0.2, 0) is 6.54 Å². The smallest absolute Gasteiger partial charge is 0.256 e. The van der Waals surface area contributed by atoms with Crippen molar-refractivity contribution in [2.24, 2.45) is 5.73 Å². The first-order valence-electron chi connectivity index (χ1n) is 7.82. The van der Waals surface area contributed by atoms with E-state index in [-0.39, 0.29) is 23.0 Å². The van der Waals surface area contributed by atoms with Gasteiger partial charge >= 0.3 is 0 Å². The molecule has 0 spiro atoms. The number of nitrogens with two attached hydrogens (primary N) is 1. The lowest BCUT2D eigenvalue weighted by molar-refractivity contribution is 0.0940. The van der Waals surface area contributed by atoms with Crippen LogP contribution in [-0.4, -0.2) is 24.9 Å². The van der Waals surface area contributed by atoms with Crippen molar-refractivity contribution in [1.29, 1.82) is 0 Å². The molecule has 0 fully saturated rings. The maximum atomic E-state index is 13.7. The number of amides is 2. The Kier molecular flexibility index (Phi) is 6.91. The largest absolute Gasteiger partial charge is 0.352 e. The van der Waals surface area contributed by atoms with Crippen molar-refractivity contribution in [1.82, 2.24) is 10.6 Å². The SMILES string of the molecule is NCCCNC(=O)c1ccc(CNC(=O)c2c(F)cccc2Cl)cc1. The second-order valence-electron chi connectivity index (χ2n) is 5.37. The molecule has 2 rings (SSSR count). The number of benzene rings is 2. The summed E-state index contributed by atoms with van der Waals surface area (Å²) < 4.78 is 13.7. The van der Waals surface area contributed by atoms with Gasteiger partial charge in [0.15, 0.2) is 0 Å². The Bertz CT molecular complexity index is 730. The molecule has 4 N–H and O–H groups in total. The summed E-state index contributed by atoms with van der Waals surface area (Å²) in [6.45, 7) is 1.24. The number of carbonyl (C=O) groups excluding carboxylic acids is 2. The van der Waals surface area contributed by atoms with Gasteiger partial charge in [0, 0.05) is 18.7 Å². The first kappa shape index (κ1) is 18.9. The number of hydrogen-bond acceptors (Lipinski definition) is 3. The molecule has 2 aromatic rings. The lowest BCUT2D eigenvalue weighted by Gasteiger charge is -2.09. The Morgan fingerprint density at radius 3 is 2.40 bits per heavy atom. The molecule has 0 saturated carbocycles. The molecule has 0 heterocycles. The number of nitrogens with one attached hydrogen (secondary N) is 2. The molecule has 0 aliphatic heterocycles. The number of carbonyl (C=O) groups is 2. The highest BCUT2D eigenvalue weighted by Crippen LogP contribution is 2.18. The van der Waals surface area contributed by atoms with Crippen molar-refractivity contribution < 1.29 is 14.0 Å². The summed E-state index contributed by atoms with van der Waals surface area (Å²) in [6, 6.07) is 10.8. The van der Waals surface area contributed by atoms with Crippen LogP contribution in [0, 0.1) is 5.82 Å². The zero-order valence-electron chi connectivity index (χ0n) is 13.5. The van der Waals surface area contributed by atoms with Crippen molar-refractivity contribution in [2.45, 2.75) is 13.0 Å². The van der Waals surface area contributed by atoms with Crippen molar-refractivity contribution in [2.75, 3.05) is 13.1 Å². The van der Waals surface area contributed by atoms with E-state index in [0.29, 0.717) is 25.1 Å². The maximum Gasteiger partial charge on any atom is 0.256 e. The van der Waals surface area contributed by atoms with Gasteiger partial charge in [0.1, 0.15) is 5.82 Å². The van der Waals surface area contributed by atoms with E-state index in [9.17, 15) is 14.0 Å². The lowest BCUT2D eigenvalue weighted by atomic mass is 10.1. The van der Waals surface area contributed by atoms with E-state index in [1.807, 2.05) is 0 Å². The van der Waals surface area contributed by atoms with E-state index >= 15 is 0 Å². The molecule has 25 heavy (non-hydrogen) atoms. The summed E-state index contributed by atoms with van der Waals surface area (Å²) >= 11 is 5.86. The maximum absolute atomic E-state index is 13.7. The van der Waals surface area contributed by atoms with Crippen LogP contribution in [0.15, 0.2) is 42.5 Å². The topological polar surface area (TPSA) is 84.2 Å². The van der Waals surface area contributed by atoms with Crippen molar-refractivity contribution in [3.8, 4) is 0 Å². The minimum Gasteiger partial charge on any atom is -0.352 e. The second-order valence-corrected chi connectivity index (χ2v) is 5.78. The molecule has 2 amide bonds. The minimum absolute atomic E-state index is 0.0574. The van der Waals surface area contributed by atoms with Crippen molar-refractivity contribution in [3.05, 3.63) is 70.0 Å². The van der Waals surface area contributed by atoms with Gasteiger partial charge in [-0.2, -0.15) is 0 Å². The number of halogens is 2. The van der Waals surface area contributed by atoms with Crippen LogP contribution in [0.1, 0.15) is 32.7 Å². The fraction of sp³-hybridized carbons (Fsp3) is 0.222. The summed E-state index contributed by atoms with van der Waals surface area (Å²) in [5.74, 6) is -1.44. The van der Waals surface area contributed by atoms with E-state index in [1.165, 1.54) is 18.2 Å². The van der Waals surface area contributed by atoms with Gasteiger partial charge < -0.3 is 16.4 Å². The van der Waals surface area contributed by atoms with Gasteiger partial charge in [0.05, 0.1) is 10.6 Å². The highest BCUT2D eigenvalue weighted by atomic mass is 35.5. The number of rotatable bonds is 7. The monoisotopic (exact) mass is 363 g/mol. The molecule has 0 aliphatic carbocycles. The third kappa shape index (κ3) is 5.27. The van der Waals surface area contributed by atoms with Crippen LogP contribution < -0.4 is 16.4 Å². The van der Waals surface area contributed by atoms with Gasteiger partial charge in [-0.05, 0) is 42.8 Å². The standard InChI is InChI=1S/C18H19ClFN3O2/c19-14-3-1-4-15(20)16(14)18(25)23-11-12-5-7-13(8-6-12)17(24)22-10-2-9-21/h1,3-8H,2,9-11,21H2,(H,22,24)(H,23,25). The Morgan fingerprint density at radius 1 is 1.04 bits per heavy atom. The first-order chi connectivity index (χ1) is 12.0. The summed E-state index contributed by atoms with van der Waals surface area (Å²) in [7, 11) is 0. The molecule has 0 unspecified atom stereocenters. The molecule has 2 aromatic carbocycles. The van der Waals surface area contributed by atoms with Gasteiger partial charge in [-0.15, -0.1) is 0 Å². The fourth-order valence-corrected chi connectivity index (χ4v) is 2.41. The summed E-state index contributed by atoms with van der Waals surface area (Å²) in [4.78, 5) is 24.0. The van der Waals surface area contributed by atoms with E-state index in [0.717, 1.165) is 5.56 Å². The van der Waals surface area contributed by atoms with Gasteiger partial charge in [-0.3, -0.25) is 9.59 Å². The van der Waals surface area contributed by atoms with Gasteiger partial charge in [-0.25, -0.2) is 4.39 Å². The average molecular weight is 364 g/mol.